The molecule has 2 aromatic rings. The largest absolute Gasteiger partial charge is 0.325 e. The van der Waals surface area contributed by atoms with Crippen molar-refractivity contribution in [3.8, 4) is 0 Å². The smallest absolute Gasteiger partial charge is 0.238 e. The van der Waals surface area contributed by atoms with E-state index >= 15 is 0 Å². The lowest BCUT2D eigenvalue weighted by Gasteiger charge is -2.23. The molecule has 3 amide bonds. The minimum absolute atomic E-state index is 0.0715. The van der Waals surface area contributed by atoms with E-state index in [1.165, 1.54) is 0 Å². The van der Waals surface area contributed by atoms with Crippen LogP contribution in [0.4, 0.5) is 17.1 Å². The maximum Gasteiger partial charge on any atom is 0.238 e. The minimum Gasteiger partial charge on any atom is -0.325 e. The lowest BCUT2D eigenvalue weighted by molar-refractivity contribution is -0.120. The number of aryl methyl sites for hydroxylation is 1. The number of hydrogen-bond donors (Lipinski definition) is 2. The minimum atomic E-state index is -0.212. The summed E-state index contributed by atoms with van der Waals surface area (Å²) in [7, 11) is 0. The highest BCUT2D eigenvalue weighted by molar-refractivity contribution is 6.02. The molecule has 0 aliphatic carbocycles. The molecule has 0 unspecified atom stereocenters. The molecule has 7 nitrogen and oxygen atoms in total. The quantitative estimate of drug-likeness (QED) is 0.649. The fourth-order valence-electron chi connectivity index (χ4n) is 3.75. The van der Waals surface area contributed by atoms with Crippen LogP contribution in [-0.2, 0) is 14.4 Å². The Hall–Kier alpha value is -3.19. The molecule has 164 valence electrons. The first-order valence-electron chi connectivity index (χ1n) is 10.7. The van der Waals surface area contributed by atoms with Crippen molar-refractivity contribution in [1.82, 2.24) is 4.90 Å². The second-order valence-corrected chi connectivity index (χ2v) is 7.79. The van der Waals surface area contributed by atoms with Gasteiger partial charge in [-0.2, -0.15) is 0 Å². The number of carbonyl (C=O) groups excluding carboxylic acids is 3. The van der Waals surface area contributed by atoms with Crippen molar-refractivity contribution < 1.29 is 14.4 Å². The summed E-state index contributed by atoms with van der Waals surface area (Å²) in [5.74, 6) is -0.294. The number of amides is 3. The molecule has 3 rings (SSSR count). The van der Waals surface area contributed by atoms with Crippen molar-refractivity contribution in [1.29, 1.82) is 0 Å². The van der Waals surface area contributed by atoms with Crippen LogP contribution in [0.1, 0.15) is 31.7 Å². The molecule has 1 saturated heterocycles. The molecule has 0 radical (unpaired) electrons. The average Bonchev–Trinajstić information content (AvgIpc) is 3.16. The Bertz CT molecular complexity index is 944. The summed E-state index contributed by atoms with van der Waals surface area (Å²) >= 11 is 0. The normalized spacial score (nSPS) is 13.5. The lowest BCUT2D eigenvalue weighted by atomic mass is 10.2. The van der Waals surface area contributed by atoms with E-state index in [0.29, 0.717) is 25.2 Å². The summed E-state index contributed by atoms with van der Waals surface area (Å²) in [6, 6.07) is 14.9. The molecule has 0 aromatic heterocycles. The van der Waals surface area contributed by atoms with Gasteiger partial charge in [0.2, 0.25) is 17.7 Å². The molecule has 0 saturated carbocycles. The van der Waals surface area contributed by atoms with Crippen molar-refractivity contribution in [3.05, 3.63) is 54.1 Å². The van der Waals surface area contributed by atoms with Crippen LogP contribution in [0.25, 0.3) is 0 Å². The van der Waals surface area contributed by atoms with Crippen molar-refractivity contribution in [2.45, 2.75) is 33.1 Å². The number of carbonyl (C=O) groups is 3. The van der Waals surface area contributed by atoms with Crippen LogP contribution in [-0.4, -0.2) is 48.8 Å². The van der Waals surface area contributed by atoms with Crippen molar-refractivity contribution in [3.63, 3.8) is 0 Å². The molecule has 31 heavy (non-hydrogen) atoms. The summed E-state index contributed by atoms with van der Waals surface area (Å²) in [6.07, 6.45) is 2.17. The van der Waals surface area contributed by atoms with Crippen molar-refractivity contribution in [2.24, 2.45) is 0 Å². The second-order valence-electron chi connectivity index (χ2n) is 7.79. The van der Waals surface area contributed by atoms with E-state index in [1.54, 1.807) is 11.0 Å². The van der Waals surface area contributed by atoms with Gasteiger partial charge in [0.15, 0.2) is 0 Å². The third-order valence-corrected chi connectivity index (χ3v) is 5.24. The van der Waals surface area contributed by atoms with Crippen LogP contribution >= 0.6 is 0 Å². The number of anilines is 3. The van der Waals surface area contributed by atoms with E-state index in [2.05, 4.69) is 10.6 Å². The van der Waals surface area contributed by atoms with Gasteiger partial charge in [-0.15, -0.1) is 0 Å². The maximum absolute atomic E-state index is 12.8. The molecule has 0 spiro atoms. The van der Waals surface area contributed by atoms with E-state index in [0.717, 1.165) is 29.8 Å². The average molecular weight is 423 g/mol. The Morgan fingerprint density at radius 1 is 0.968 bits per heavy atom. The van der Waals surface area contributed by atoms with Gasteiger partial charge < -0.3 is 15.5 Å². The molecule has 0 bridgehead atoms. The number of nitrogens with zero attached hydrogens (tertiary/aromatic N) is 2. The zero-order chi connectivity index (χ0) is 22.2. The summed E-state index contributed by atoms with van der Waals surface area (Å²) in [4.78, 5) is 41.0. The van der Waals surface area contributed by atoms with Crippen LogP contribution in [0.15, 0.2) is 48.5 Å². The summed E-state index contributed by atoms with van der Waals surface area (Å²) in [5, 5.41) is 5.84. The van der Waals surface area contributed by atoms with Crippen LogP contribution in [0.5, 0.6) is 0 Å². The topological polar surface area (TPSA) is 81.8 Å². The highest BCUT2D eigenvalue weighted by atomic mass is 16.2. The van der Waals surface area contributed by atoms with E-state index < -0.39 is 0 Å². The van der Waals surface area contributed by atoms with E-state index in [-0.39, 0.29) is 30.8 Å². The third kappa shape index (κ3) is 6.15. The number of rotatable bonds is 9. The molecule has 1 fully saturated rings. The molecule has 0 atom stereocenters. The summed E-state index contributed by atoms with van der Waals surface area (Å²) in [5.41, 5.74) is 3.10. The van der Waals surface area contributed by atoms with Crippen molar-refractivity contribution in [2.75, 3.05) is 41.7 Å². The molecule has 2 N–H and O–H groups in total. The Morgan fingerprint density at radius 2 is 1.58 bits per heavy atom. The number of benzene rings is 2. The highest BCUT2D eigenvalue weighted by Gasteiger charge is 2.24. The standard InChI is InChI=1S/C24H30N4O3/c1-3-14-27(16-22(29)25-19-10-5-4-9-18(19)2)17-23(30)26-20-11-6-7-12-21(20)28-15-8-13-24(28)31/h4-7,9-12H,3,8,13-17H2,1-2H3,(H,25,29)(H,26,30). The van der Waals surface area contributed by atoms with Gasteiger partial charge in [-0.05, 0) is 50.1 Å². The zero-order valence-corrected chi connectivity index (χ0v) is 18.2. The fraction of sp³-hybridized carbons (Fsp3) is 0.375. The zero-order valence-electron chi connectivity index (χ0n) is 18.2. The molecule has 2 aromatic carbocycles. The van der Waals surface area contributed by atoms with Gasteiger partial charge in [0, 0.05) is 18.7 Å². The Kier molecular flexibility index (Phi) is 7.78. The summed E-state index contributed by atoms with van der Waals surface area (Å²) < 4.78 is 0. The van der Waals surface area contributed by atoms with Crippen LogP contribution in [0.3, 0.4) is 0 Å². The van der Waals surface area contributed by atoms with Crippen LogP contribution in [0, 0.1) is 6.92 Å². The predicted molar refractivity (Wildman–Crippen MR) is 123 cm³/mol. The van der Waals surface area contributed by atoms with Gasteiger partial charge in [0.1, 0.15) is 0 Å². The Labute approximate surface area is 183 Å². The fourth-order valence-corrected chi connectivity index (χ4v) is 3.75. The number of nitrogens with one attached hydrogen (secondary N) is 2. The molecular weight excluding hydrogens is 392 g/mol. The van der Waals surface area contributed by atoms with Crippen molar-refractivity contribution >= 4 is 34.8 Å². The molecule has 1 aliphatic rings. The van der Waals surface area contributed by atoms with Crippen LogP contribution < -0.4 is 15.5 Å². The van der Waals surface area contributed by atoms with E-state index in [1.807, 2.05) is 61.2 Å². The number of para-hydroxylation sites is 3. The van der Waals surface area contributed by atoms with Gasteiger partial charge in [-0.25, -0.2) is 0 Å². The van der Waals surface area contributed by atoms with Gasteiger partial charge in [0.25, 0.3) is 0 Å². The Balaban J connectivity index is 1.61. The van der Waals surface area contributed by atoms with E-state index in [4.69, 9.17) is 0 Å². The first-order valence-corrected chi connectivity index (χ1v) is 10.7. The number of hydrogen-bond acceptors (Lipinski definition) is 4. The summed E-state index contributed by atoms with van der Waals surface area (Å²) in [6.45, 7) is 5.46. The second kappa shape index (κ2) is 10.7. The van der Waals surface area contributed by atoms with E-state index in [9.17, 15) is 14.4 Å². The maximum atomic E-state index is 12.8. The third-order valence-electron chi connectivity index (χ3n) is 5.24. The first-order chi connectivity index (χ1) is 15.0. The molecule has 1 heterocycles. The lowest BCUT2D eigenvalue weighted by Crippen LogP contribution is -2.39. The van der Waals surface area contributed by atoms with Gasteiger partial charge in [0.05, 0.1) is 24.5 Å². The first kappa shape index (κ1) is 22.5. The predicted octanol–water partition coefficient (Wildman–Crippen LogP) is 3.41. The van der Waals surface area contributed by atoms with Crippen LogP contribution in [0.2, 0.25) is 0 Å². The highest BCUT2D eigenvalue weighted by Crippen LogP contribution is 2.29. The SMILES string of the molecule is CCCN(CC(=O)Nc1ccccc1C)CC(=O)Nc1ccccc1N1CCCC1=O. The van der Waals surface area contributed by atoms with Gasteiger partial charge in [-0.1, -0.05) is 37.3 Å². The molecular formula is C24H30N4O3. The monoisotopic (exact) mass is 422 g/mol. The molecule has 1 aliphatic heterocycles. The van der Waals surface area contributed by atoms with Gasteiger partial charge >= 0.3 is 0 Å². The Morgan fingerprint density at radius 3 is 2.19 bits per heavy atom. The van der Waals surface area contributed by atoms with Gasteiger partial charge in [-0.3, -0.25) is 19.3 Å². The molecule has 7 heteroatoms.